The van der Waals surface area contributed by atoms with Gasteiger partial charge in [-0.15, -0.1) is 0 Å². The zero-order valence-corrected chi connectivity index (χ0v) is 10.5. The van der Waals surface area contributed by atoms with Crippen LogP contribution in [-0.4, -0.2) is 33.7 Å². The molecule has 0 spiro atoms. The zero-order valence-electron chi connectivity index (χ0n) is 9.71. The van der Waals surface area contributed by atoms with Gasteiger partial charge in [-0.2, -0.15) is 5.26 Å². The summed E-state index contributed by atoms with van der Waals surface area (Å²) in [4.78, 5) is 12.2. The summed E-state index contributed by atoms with van der Waals surface area (Å²) < 4.78 is 27.5. The first-order valence-corrected chi connectivity index (χ1v) is 7.12. The summed E-state index contributed by atoms with van der Waals surface area (Å²) >= 11 is 0. The Labute approximate surface area is 105 Å². The van der Waals surface area contributed by atoms with Crippen molar-refractivity contribution in [2.45, 2.75) is 4.90 Å². The molecule has 0 bridgehead atoms. The normalized spacial score (nSPS) is 17.6. The smallest absolute Gasteiger partial charge is 0.187 e. The largest absolute Gasteiger partial charge is 0.377 e. The number of benzene rings is 1. The van der Waals surface area contributed by atoms with Crippen LogP contribution >= 0.6 is 0 Å². The van der Waals surface area contributed by atoms with E-state index >= 15 is 0 Å². The summed E-state index contributed by atoms with van der Waals surface area (Å²) in [5, 5.41) is 9.01. The van der Waals surface area contributed by atoms with E-state index in [1.807, 2.05) is 6.07 Å². The van der Waals surface area contributed by atoms with Crippen LogP contribution in [0.1, 0.15) is 10.4 Å². The minimum atomic E-state index is -3.28. The molecule has 0 saturated carbocycles. The second-order valence-corrected chi connectivity index (χ2v) is 6.33. The Balaban J connectivity index is 2.31. The van der Waals surface area contributed by atoms with Gasteiger partial charge in [0.25, 0.3) is 0 Å². The first kappa shape index (κ1) is 12.7. The number of ketones is 1. The lowest BCUT2D eigenvalue weighted by atomic mass is 9.80. The van der Waals surface area contributed by atoms with Gasteiger partial charge in [-0.25, -0.2) is 8.42 Å². The predicted molar refractivity (Wildman–Crippen MR) is 62.7 cm³/mol. The number of nitrogens with zero attached hydrogens (tertiary/aromatic N) is 1. The summed E-state index contributed by atoms with van der Waals surface area (Å²) in [6.07, 6.45) is 1.10. The molecule has 0 amide bonds. The van der Waals surface area contributed by atoms with E-state index in [4.69, 9.17) is 10.00 Å². The molecule has 0 radical (unpaired) electrons. The van der Waals surface area contributed by atoms with Crippen molar-refractivity contribution in [1.82, 2.24) is 0 Å². The van der Waals surface area contributed by atoms with Crippen LogP contribution in [0, 0.1) is 16.7 Å². The molecule has 1 aromatic carbocycles. The molecule has 0 atom stereocenters. The van der Waals surface area contributed by atoms with Gasteiger partial charge in [-0.1, -0.05) is 12.1 Å². The fourth-order valence-electron chi connectivity index (χ4n) is 1.68. The Kier molecular flexibility index (Phi) is 2.97. The molecule has 18 heavy (non-hydrogen) atoms. The molecular formula is C12H11NO4S. The van der Waals surface area contributed by atoms with Crippen LogP contribution in [0.4, 0.5) is 0 Å². The average Bonchev–Trinajstić information content (AvgIpc) is 2.27. The molecule has 0 aromatic heterocycles. The van der Waals surface area contributed by atoms with E-state index in [0.29, 0.717) is 5.56 Å². The third-order valence-corrected chi connectivity index (χ3v) is 4.02. The van der Waals surface area contributed by atoms with Gasteiger partial charge in [-0.05, 0) is 12.1 Å². The molecular weight excluding hydrogens is 254 g/mol. The predicted octanol–water partition coefficient (Wildman–Crippen LogP) is 0.813. The van der Waals surface area contributed by atoms with Gasteiger partial charge in [0, 0.05) is 11.8 Å². The van der Waals surface area contributed by atoms with Crippen molar-refractivity contribution in [3.05, 3.63) is 29.8 Å². The maximum atomic E-state index is 12.1. The van der Waals surface area contributed by atoms with Gasteiger partial charge in [0.2, 0.25) is 0 Å². The van der Waals surface area contributed by atoms with E-state index in [1.54, 1.807) is 0 Å². The van der Waals surface area contributed by atoms with E-state index in [9.17, 15) is 13.2 Å². The van der Waals surface area contributed by atoms with Gasteiger partial charge in [0.15, 0.2) is 21.0 Å². The highest BCUT2D eigenvalue weighted by molar-refractivity contribution is 7.90. The van der Waals surface area contributed by atoms with E-state index in [1.165, 1.54) is 24.3 Å². The summed E-state index contributed by atoms with van der Waals surface area (Å²) in [5.41, 5.74) is -0.778. The molecule has 1 aliphatic rings. The van der Waals surface area contributed by atoms with Crippen molar-refractivity contribution in [3.8, 4) is 6.07 Å². The quantitative estimate of drug-likeness (QED) is 0.755. The number of ether oxygens (including phenoxy) is 1. The summed E-state index contributed by atoms with van der Waals surface area (Å²) in [6, 6.07) is 7.56. The Hall–Kier alpha value is -1.71. The molecule has 2 rings (SSSR count). The van der Waals surface area contributed by atoms with Gasteiger partial charge in [-0.3, -0.25) is 4.79 Å². The minimum Gasteiger partial charge on any atom is -0.377 e. The fraction of sp³-hybridized carbons (Fsp3) is 0.333. The van der Waals surface area contributed by atoms with Crippen LogP contribution in [-0.2, 0) is 14.6 Å². The number of hydrogen-bond donors (Lipinski definition) is 0. The molecule has 1 fully saturated rings. The summed E-state index contributed by atoms with van der Waals surface area (Å²) in [5.74, 6) is -0.323. The number of hydrogen-bond acceptors (Lipinski definition) is 5. The second kappa shape index (κ2) is 4.19. The molecule has 1 aromatic rings. The number of nitriles is 1. The third-order valence-electron chi connectivity index (χ3n) is 2.89. The van der Waals surface area contributed by atoms with Crippen LogP contribution in [0.3, 0.4) is 0 Å². The van der Waals surface area contributed by atoms with Crippen LogP contribution in [0.15, 0.2) is 29.2 Å². The van der Waals surface area contributed by atoms with Gasteiger partial charge in [0.1, 0.15) is 0 Å². The molecule has 0 aliphatic carbocycles. The lowest BCUT2D eigenvalue weighted by molar-refractivity contribution is -0.0566. The van der Waals surface area contributed by atoms with Gasteiger partial charge < -0.3 is 4.74 Å². The number of Topliss-reactive ketones (excluding diaryl/α,β-unsaturated/α-hetero) is 1. The number of carbonyl (C=O) groups is 1. The highest BCUT2D eigenvalue weighted by atomic mass is 32.2. The summed E-state index contributed by atoms with van der Waals surface area (Å²) in [6.45, 7) is 0.187. The maximum absolute atomic E-state index is 12.1. The Morgan fingerprint density at radius 2 is 1.89 bits per heavy atom. The molecule has 1 saturated heterocycles. The van der Waals surface area contributed by atoms with Gasteiger partial charge >= 0.3 is 0 Å². The lowest BCUT2D eigenvalue weighted by Gasteiger charge is -2.33. The van der Waals surface area contributed by atoms with Gasteiger partial charge in [0.05, 0.1) is 24.2 Å². The molecule has 1 aliphatic heterocycles. The minimum absolute atomic E-state index is 0.0934. The SMILES string of the molecule is CS(=O)(=O)c1ccc(C(=O)C2(C#N)COC2)cc1. The van der Waals surface area contributed by atoms with E-state index in [-0.39, 0.29) is 23.9 Å². The zero-order chi connectivity index (χ0) is 13.4. The second-order valence-electron chi connectivity index (χ2n) is 4.31. The maximum Gasteiger partial charge on any atom is 0.187 e. The number of rotatable bonds is 3. The lowest BCUT2D eigenvalue weighted by Crippen LogP contribution is -2.47. The van der Waals surface area contributed by atoms with E-state index in [0.717, 1.165) is 6.26 Å². The number of sulfone groups is 1. The van der Waals surface area contributed by atoms with Crippen molar-refractivity contribution in [3.63, 3.8) is 0 Å². The number of carbonyl (C=O) groups excluding carboxylic acids is 1. The van der Waals surface area contributed by atoms with Crippen molar-refractivity contribution < 1.29 is 17.9 Å². The Morgan fingerprint density at radius 1 is 1.33 bits per heavy atom. The average molecular weight is 265 g/mol. The molecule has 1 heterocycles. The van der Waals surface area contributed by atoms with E-state index in [2.05, 4.69) is 0 Å². The van der Waals surface area contributed by atoms with Crippen molar-refractivity contribution in [1.29, 1.82) is 5.26 Å². The molecule has 94 valence electrons. The fourth-order valence-corrected chi connectivity index (χ4v) is 2.31. The Morgan fingerprint density at radius 3 is 2.22 bits per heavy atom. The first-order chi connectivity index (χ1) is 8.39. The van der Waals surface area contributed by atoms with Crippen LogP contribution < -0.4 is 0 Å². The van der Waals surface area contributed by atoms with Crippen LogP contribution in [0.2, 0.25) is 0 Å². The molecule has 6 heteroatoms. The summed E-state index contributed by atoms with van der Waals surface area (Å²) in [7, 11) is -3.28. The van der Waals surface area contributed by atoms with Crippen LogP contribution in [0.25, 0.3) is 0 Å². The van der Waals surface area contributed by atoms with Crippen molar-refractivity contribution in [2.24, 2.45) is 5.41 Å². The highest BCUT2D eigenvalue weighted by Crippen LogP contribution is 2.31. The standard InChI is InChI=1S/C12H11NO4S/c1-18(15,16)10-4-2-9(3-5-10)11(14)12(6-13)7-17-8-12/h2-5H,7-8H2,1H3. The van der Waals surface area contributed by atoms with Crippen LogP contribution in [0.5, 0.6) is 0 Å². The monoisotopic (exact) mass is 265 g/mol. The first-order valence-electron chi connectivity index (χ1n) is 5.23. The topological polar surface area (TPSA) is 84.2 Å². The molecule has 0 unspecified atom stereocenters. The molecule has 5 nitrogen and oxygen atoms in total. The van der Waals surface area contributed by atoms with E-state index < -0.39 is 15.3 Å². The van der Waals surface area contributed by atoms with Crippen molar-refractivity contribution in [2.75, 3.05) is 19.5 Å². The molecule has 0 N–H and O–H groups in total. The Bertz CT molecular complexity index is 621. The third kappa shape index (κ3) is 2.03. The highest BCUT2D eigenvalue weighted by Gasteiger charge is 2.46. The van der Waals surface area contributed by atoms with Crippen molar-refractivity contribution >= 4 is 15.6 Å².